The minimum atomic E-state index is 0.951. The maximum Gasteiger partial charge on any atom is 0.0926 e. The second kappa shape index (κ2) is 5.17. The number of aromatic nitrogens is 2. The smallest absolute Gasteiger partial charge is 0.0926 e. The van der Waals surface area contributed by atoms with E-state index >= 15 is 0 Å². The number of pyridine rings is 2. The monoisotopic (exact) mass is 298 g/mol. The van der Waals surface area contributed by atoms with E-state index in [1.807, 2.05) is 12.1 Å². The highest BCUT2D eigenvalue weighted by Gasteiger charge is 2.12. The Hall–Kier alpha value is -2.74. The van der Waals surface area contributed by atoms with Crippen molar-refractivity contribution in [2.75, 3.05) is 0 Å². The summed E-state index contributed by atoms with van der Waals surface area (Å²) < 4.78 is 0. The molecule has 2 aromatic heterocycles. The first-order chi connectivity index (χ1) is 11.1. The van der Waals surface area contributed by atoms with Crippen LogP contribution in [0, 0.1) is 20.8 Å². The molecular weight excluding hydrogens is 280 g/mol. The van der Waals surface area contributed by atoms with E-state index in [2.05, 4.69) is 63.2 Å². The van der Waals surface area contributed by atoms with E-state index in [0.29, 0.717) is 0 Å². The van der Waals surface area contributed by atoms with Gasteiger partial charge in [-0.3, -0.25) is 0 Å². The quantitative estimate of drug-likeness (QED) is 0.472. The molecule has 4 aromatic rings. The Morgan fingerprint density at radius 3 is 2.00 bits per heavy atom. The van der Waals surface area contributed by atoms with Crippen molar-refractivity contribution in [1.29, 1.82) is 0 Å². The molecule has 2 heterocycles. The molecule has 23 heavy (non-hydrogen) atoms. The first kappa shape index (κ1) is 13.9. The van der Waals surface area contributed by atoms with E-state index in [1.54, 1.807) is 0 Å². The zero-order chi connectivity index (χ0) is 16.0. The van der Waals surface area contributed by atoms with Crippen molar-refractivity contribution < 1.29 is 0 Å². The highest BCUT2D eigenvalue weighted by Crippen LogP contribution is 2.30. The van der Waals surface area contributed by atoms with Crippen molar-refractivity contribution in [3.8, 4) is 11.4 Å². The van der Waals surface area contributed by atoms with Gasteiger partial charge < -0.3 is 0 Å². The third-order valence-electron chi connectivity index (χ3n) is 4.62. The first-order valence-electron chi connectivity index (χ1n) is 7.88. The van der Waals surface area contributed by atoms with Crippen molar-refractivity contribution in [3.05, 3.63) is 71.3 Å². The van der Waals surface area contributed by atoms with Crippen LogP contribution in [-0.2, 0) is 0 Å². The van der Waals surface area contributed by atoms with E-state index in [9.17, 15) is 0 Å². The average Bonchev–Trinajstić information content (AvgIpc) is 2.58. The van der Waals surface area contributed by atoms with Crippen LogP contribution in [0.2, 0.25) is 0 Å². The van der Waals surface area contributed by atoms with Crippen molar-refractivity contribution in [2.24, 2.45) is 0 Å². The van der Waals surface area contributed by atoms with Gasteiger partial charge in [0, 0.05) is 10.8 Å². The van der Waals surface area contributed by atoms with Crippen LogP contribution < -0.4 is 0 Å². The summed E-state index contributed by atoms with van der Waals surface area (Å²) in [5.41, 5.74) is 7.69. The lowest BCUT2D eigenvalue weighted by molar-refractivity contribution is 1.24. The van der Waals surface area contributed by atoms with Gasteiger partial charge in [0.1, 0.15) is 0 Å². The molecule has 0 saturated heterocycles. The Bertz CT molecular complexity index is 1050. The Kier molecular flexibility index (Phi) is 3.12. The molecule has 0 amide bonds. The van der Waals surface area contributed by atoms with Gasteiger partial charge in [0.15, 0.2) is 0 Å². The normalized spacial score (nSPS) is 11.3. The summed E-state index contributed by atoms with van der Waals surface area (Å²) in [4.78, 5) is 9.74. The predicted octanol–water partition coefficient (Wildman–Crippen LogP) is 5.38. The molecule has 0 aliphatic rings. The molecule has 2 heteroatoms. The van der Waals surface area contributed by atoms with Crippen molar-refractivity contribution in [2.45, 2.75) is 20.8 Å². The molecule has 0 bridgehead atoms. The molecule has 0 N–H and O–H groups in total. The van der Waals surface area contributed by atoms with E-state index < -0.39 is 0 Å². The Morgan fingerprint density at radius 2 is 1.26 bits per heavy atom. The summed E-state index contributed by atoms with van der Waals surface area (Å²) in [6, 6.07) is 18.7. The summed E-state index contributed by atoms with van der Waals surface area (Å²) in [5, 5.41) is 2.41. The maximum absolute atomic E-state index is 4.89. The van der Waals surface area contributed by atoms with Crippen LogP contribution in [0.5, 0.6) is 0 Å². The second-order valence-electron chi connectivity index (χ2n) is 6.07. The number of para-hydroxylation sites is 2. The Balaban J connectivity index is 2.04. The molecule has 0 fully saturated rings. The first-order valence-corrected chi connectivity index (χ1v) is 7.88. The standard InChI is InChI=1S/C21H18N2/c1-13-12-20(22-18-10-6-4-8-16(13)18)21-15(3)14(2)17-9-5-7-11-19(17)23-21/h4-12H,1-3H3. The minimum absolute atomic E-state index is 0.951. The molecule has 112 valence electrons. The molecule has 0 aliphatic heterocycles. The van der Waals surface area contributed by atoms with E-state index in [-0.39, 0.29) is 0 Å². The van der Waals surface area contributed by atoms with Gasteiger partial charge in [0.2, 0.25) is 0 Å². The average molecular weight is 298 g/mol. The van der Waals surface area contributed by atoms with Crippen molar-refractivity contribution in [1.82, 2.24) is 9.97 Å². The Labute approximate surface area is 135 Å². The molecule has 0 aliphatic carbocycles. The zero-order valence-electron chi connectivity index (χ0n) is 13.6. The highest BCUT2D eigenvalue weighted by atomic mass is 14.8. The van der Waals surface area contributed by atoms with Crippen LogP contribution in [0.1, 0.15) is 16.7 Å². The van der Waals surface area contributed by atoms with Crippen LogP contribution in [0.25, 0.3) is 33.2 Å². The number of hydrogen-bond acceptors (Lipinski definition) is 2. The molecular formula is C21H18N2. The van der Waals surface area contributed by atoms with E-state index in [0.717, 1.165) is 22.4 Å². The third-order valence-corrected chi connectivity index (χ3v) is 4.62. The van der Waals surface area contributed by atoms with E-state index in [4.69, 9.17) is 9.97 Å². The highest BCUT2D eigenvalue weighted by molar-refractivity contribution is 5.89. The molecule has 0 saturated carbocycles. The molecule has 0 atom stereocenters. The van der Waals surface area contributed by atoms with Gasteiger partial charge in [-0.2, -0.15) is 0 Å². The topological polar surface area (TPSA) is 25.8 Å². The molecule has 4 rings (SSSR count). The fourth-order valence-electron chi connectivity index (χ4n) is 3.19. The van der Waals surface area contributed by atoms with E-state index in [1.165, 1.54) is 27.5 Å². The Morgan fingerprint density at radius 1 is 0.652 bits per heavy atom. The van der Waals surface area contributed by atoms with Crippen LogP contribution in [0.3, 0.4) is 0 Å². The van der Waals surface area contributed by atoms with Gasteiger partial charge >= 0.3 is 0 Å². The van der Waals surface area contributed by atoms with Crippen LogP contribution in [0.4, 0.5) is 0 Å². The summed E-state index contributed by atoms with van der Waals surface area (Å²) in [7, 11) is 0. The van der Waals surface area contributed by atoms with Gasteiger partial charge in [-0.15, -0.1) is 0 Å². The number of fused-ring (bicyclic) bond motifs is 2. The van der Waals surface area contributed by atoms with Gasteiger partial charge in [0.05, 0.1) is 22.4 Å². The molecule has 2 nitrogen and oxygen atoms in total. The lowest BCUT2D eigenvalue weighted by atomic mass is 10.00. The molecule has 0 spiro atoms. The lowest BCUT2D eigenvalue weighted by Gasteiger charge is -2.12. The largest absolute Gasteiger partial charge is 0.246 e. The van der Waals surface area contributed by atoms with Crippen LogP contribution >= 0.6 is 0 Å². The summed E-state index contributed by atoms with van der Waals surface area (Å²) in [6.45, 7) is 6.43. The SMILES string of the molecule is Cc1c(-c2cc(C)c3ccccc3n2)nc2ccccc2c1C. The summed E-state index contributed by atoms with van der Waals surface area (Å²) in [6.07, 6.45) is 0. The number of aryl methyl sites for hydroxylation is 2. The number of nitrogens with zero attached hydrogens (tertiary/aromatic N) is 2. The third kappa shape index (κ3) is 2.18. The zero-order valence-corrected chi connectivity index (χ0v) is 13.6. The molecule has 2 aromatic carbocycles. The van der Waals surface area contributed by atoms with Crippen LogP contribution in [0.15, 0.2) is 54.6 Å². The molecule has 0 radical (unpaired) electrons. The fraction of sp³-hybridized carbons (Fsp3) is 0.143. The number of rotatable bonds is 1. The number of benzene rings is 2. The van der Waals surface area contributed by atoms with Gasteiger partial charge in [-0.05, 0) is 55.7 Å². The number of hydrogen-bond donors (Lipinski definition) is 0. The van der Waals surface area contributed by atoms with Crippen LogP contribution in [-0.4, -0.2) is 9.97 Å². The molecule has 0 unspecified atom stereocenters. The summed E-state index contributed by atoms with van der Waals surface area (Å²) in [5.74, 6) is 0. The van der Waals surface area contributed by atoms with Gasteiger partial charge in [-0.25, -0.2) is 9.97 Å². The second-order valence-corrected chi connectivity index (χ2v) is 6.07. The maximum atomic E-state index is 4.89. The van der Waals surface area contributed by atoms with Crippen molar-refractivity contribution in [3.63, 3.8) is 0 Å². The van der Waals surface area contributed by atoms with Gasteiger partial charge in [0.25, 0.3) is 0 Å². The lowest BCUT2D eigenvalue weighted by Crippen LogP contribution is -1.97. The van der Waals surface area contributed by atoms with Gasteiger partial charge in [-0.1, -0.05) is 36.4 Å². The predicted molar refractivity (Wildman–Crippen MR) is 96.7 cm³/mol. The van der Waals surface area contributed by atoms with Crippen molar-refractivity contribution >= 4 is 21.8 Å². The summed E-state index contributed by atoms with van der Waals surface area (Å²) >= 11 is 0. The minimum Gasteiger partial charge on any atom is -0.246 e. The fourth-order valence-corrected chi connectivity index (χ4v) is 3.19.